The van der Waals surface area contributed by atoms with Crippen molar-refractivity contribution in [3.63, 3.8) is 0 Å². The van der Waals surface area contributed by atoms with Crippen LogP contribution < -0.4 is 10.6 Å². The molecule has 2 heterocycles. The van der Waals surface area contributed by atoms with Crippen molar-refractivity contribution in [3.8, 4) is 0 Å². The number of carbonyl (C=O) groups excluding carboxylic acids is 1. The lowest BCUT2D eigenvalue weighted by molar-refractivity contribution is -0.119. The lowest BCUT2D eigenvalue weighted by Gasteiger charge is -2.23. The van der Waals surface area contributed by atoms with Crippen LogP contribution >= 0.6 is 0 Å². The first-order valence-electron chi connectivity index (χ1n) is 12.2. The van der Waals surface area contributed by atoms with Crippen LogP contribution in [0.5, 0.6) is 0 Å². The molecule has 3 N–H and O–H groups in total. The van der Waals surface area contributed by atoms with Gasteiger partial charge in [0.1, 0.15) is 5.82 Å². The van der Waals surface area contributed by atoms with E-state index < -0.39 is 0 Å². The van der Waals surface area contributed by atoms with E-state index in [0.29, 0.717) is 6.04 Å². The zero-order valence-corrected chi connectivity index (χ0v) is 18.7. The van der Waals surface area contributed by atoms with E-state index in [-0.39, 0.29) is 11.8 Å². The van der Waals surface area contributed by atoms with Crippen molar-refractivity contribution in [3.05, 3.63) is 47.8 Å². The highest BCUT2D eigenvalue weighted by molar-refractivity contribution is 5.93. The molecule has 3 aromatic rings. The summed E-state index contributed by atoms with van der Waals surface area (Å²) in [6.07, 6.45) is 14.3. The number of pyridine rings is 1. The number of H-pyrrole nitrogens is 1. The largest absolute Gasteiger partial charge is 0.367 e. The summed E-state index contributed by atoms with van der Waals surface area (Å²) in [5.74, 6) is 1.30. The van der Waals surface area contributed by atoms with Crippen LogP contribution in [0.2, 0.25) is 0 Å². The number of anilines is 2. The van der Waals surface area contributed by atoms with Gasteiger partial charge in [0, 0.05) is 23.8 Å². The smallest absolute Gasteiger partial charge is 0.227 e. The molecule has 168 valence electrons. The molecule has 0 radical (unpaired) electrons. The third kappa shape index (κ3) is 4.79. The first-order chi connectivity index (χ1) is 15.8. The number of nitrogens with zero attached hydrogens (tertiary/aromatic N) is 2. The summed E-state index contributed by atoms with van der Waals surface area (Å²) in [6, 6.07) is 10.7. The van der Waals surface area contributed by atoms with Crippen molar-refractivity contribution < 1.29 is 4.79 Å². The zero-order valence-electron chi connectivity index (χ0n) is 18.7. The van der Waals surface area contributed by atoms with Crippen LogP contribution in [0.25, 0.3) is 10.9 Å². The highest BCUT2D eigenvalue weighted by Crippen LogP contribution is 2.29. The molecule has 2 aliphatic rings. The molecule has 5 rings (SSSR count). The molecule has 2 aliphatic carbocycles. The second-order valence-corrected chi connectivity index (χ2v) is 9.40. The van der Waals surface area contributed by atoms with E-state index >= 15 is 0 Å². The number of hydrogen-bond donors (Lipinski definition) is 3. The van der Waals surface area contributed by atoms with Crippen LogP contribution in [-0.4, -0.2) is 27.1 Å². The van der Waals surface area contributed by atoms with Crippen molar-refractivity contribution in [2.75, 3.05) is 10.6 Å². The Bertz CT molecular complexity index is 1060. The van der Waals surface area contributed by atoms with E-state index in [4.69, 9.17) is 0 Å². The van der Waals surface area contributed by atoms with Crippen molar-refractivity contribution >= 4 is 28.3 Å². The van der Waals surface area contributed by atoms with Gasteiger partial charge in [-0.25, -0.2) is 4.98 Å². The van der Waals surface area contributed by atoms with Gasteiger partial charge >= 0.3 is 0 Å². The summed E-state index contributed by atoms with van der Waals surface area (Å²) in [6.45, 7) is 0. The number of aromatic amines is 1. The predicted molar refractivity (Wildman–Crippen MR) is 129 cm³/mol. The fraction of sp³-hybridized carbons (Fsp3) is 0.500. The molecule has 6 nitrogen and oxygen atoms in total. The minimum absolute atomic E-state index is 0.169. The molecule has 6 heteroatoms. The average Bonchev–Trinajstić information content (AvgIpc) is 3.50. The maximum absolute atomic E-state index is 12.5. The minimum Gasteiger partial charge on any atom is -0.367 e. The van der Waals surface area contributed by atoms with Gasteiger partial charge in [-0.2, -0.15) is 5.10 Å². The molecule has 2 fully saturated rings. The van der Waals surface area contributed by atoms with Crippen molar-refractivity contribution in [2.45, 2.75) is 76.7 Å². The van der Waals surface area contributed by atoms with Gasteiger partial charge in [-0.05, 0) is 62.3 Å². The average molecular weight is 432 g/mol. The Hall–Kier alpha value is -2.89. The van der Waals surface area contributed by atoms with Crippen LogP contribution in [0.3, 0.4) is 0 Å². The third-order valence-corrected chi connectivity index (χ3v) is 7.07. The molecule has 1 aromatic carbocycles. The Balaban J connectivity index is 1.27. The zero-order chi connectivity index (χ0) is 21.8. The van der Waals surface area contributed by atoms with E-state index in [0.717, 1.165) is 53.8 Å². The summed E-state index contributed by atoms with van der Waals surface area (Å²) in [5, 5.41) is 15.7. The quantitative estimate of drug-likeness (QED) is 0.454. The maximum Gasteiger partial charge on any atom is 0.227 e. The monoisotopic (exact) mass is 431 g/mol. The predicted octanol–water partition coefficient (Wildman–Crippen LogP) is 5.62. The van der Waals surface area contributed by atoms with E-state index in [1.165, 1.54) is 50.5 Å². The Morgan fingerprint density at radius 1 is 1.00 bits per heavy atom. The van der Waals surface area contributed by atoms with Gasteiger partial charge in [-0.1, -0.05) is 44.2 Å². The fourth-order valence-corrected chi connectivity index (χ4v) is 5.26. The Kier molecular flexibility index (Phi) is 6.37. The number of hydrogen-bond acceptors (Lipinski definition) is 4. The first kappa shape index (κ1) is 21.0. The number of aryl methyl sites for hydroxylation is 2. The van der Waals surface area contributed by atoms with Crippen LogP contribution in [0, 0.1) is 5.92 Å². The Morgan fingerprint density at radius 2 is 1.81 bits per heavy atom. The maximum atomic E-state index is 12.5. The summed E-state index contributed by atoms with van der Waals surface area (Å²) in [4.78, 5) is 17.1. The van der Waals surface area contributed by atoms with Crippen molar-refractivity contribution in [2.24, 2.45) is 5.92 Å². The highest BCUT2D eigenvalue weighted by Gasteiger charge is 2.22. The number of benzene rings is 1. The van der Waals surface area contributed by atoms with Crippen LogP contribution in [-0.2, 0) is 17.6 Å². The molecular formula is C26H33N5O. The number of nitrogens with one attached hydrogen (secondary N) is 3. The van der Waals surface area contributed by atoms with Gasteiger partial charge in [0.2, 0.25) is 5.91 Å². The molecule has 0 aliphatic heterocycles. The number of amides is 1. The van der Waals surface area contributed by atoms with E-state index in [2.05, 4.69) is 37.9 Å². The van der Waals surface area contributed by atoms with Crippen LogP contribution in [0.15, 0.2) is 36.5 Å². The van der Waals surface area contributed by atoms with Gasteiger partial charge < -0.3 is 10.6 Å². The molecular weight excluding hydrogens is 398 g/mol. The van der Waals surface area contributed by atoms with E-state index in [1.807, 2.05) is 24.4 Å². The normalized spacial score (nSPS) is 17.6. The second-order valence-electron chi connectivity index (χ2n) is 9.40. The standard InChI is InChI=1S/C26H33N5O/c32-26(19-8-4-5-9-19)29-21-12-6-7-18(17-21)13-14-22-24-23(31-30-22)15-16-27-25(24)28-20-10-2-1-3-11-20/h6-7,12,15-17,19-20H,1-5,8-11,13-14H2,(H,27,28)(H,29,32)(H,30,31). The molecule has 0 bridgehead atoms. The number of carbonyl (C=O) groups is 1. The lowest BCUT2D eigenvalue weighted by atomic mass is 9.95. The third-order valence-electron chi connectivity index (χ3n) is 7.07. The second kappa shape index (κ2) is 9.72. The Morgan fingerprint density at radius 3 is 2.66 bits per heavy atom. The Labute approximate surface area is 189 Å². The molecule has 32 heavy (non-hydrogen) atoms. The van der Waals surface area contributed by atoms with Gasteiger partial charge in [-0.15, -0.1) is 0 Å². The van der Waals surface area contributed by atoms with Gasteiger partial charge in [0.25, 0.3) is 0 Å². The number of aromatic nitrogens is 3. The molecule has 2 aromatic heterocycles. The lowest BCUT2D eigenvalue weighted by Crippen LogP contribution is -2.23. The number of rotatable bonds is 7. The molecule has 2 saturated carbocycles. The highest BCUT2D eigenvalue weighted by atomic mass is 16.1. The van der Waals surface area contributed by atoms with Crippen LogP contribution in [0.4, 0.5) is 11.5 Å². The van der Waals surface area contributed by atoms with Gasteiger partial charge in [0.05, 0.1) is 16.6 Å². The van der Waals surface area contributed by atoms with Gasteiger partial charge in [-0.3, -0.25) is 9.89 Å². The molecule has 0 saturated heterocycles. The molecule has 1 amide bonds. The molecule has 0 unspecified atom stereocenters. The summed E-state index contributed by atoms with van der Waals surface area (Å²) < 4.78 is 0. The molecule has 0 spiro atoms. The first-order valence-corrected chi connectivity index (χ1v) is 12.2. The SMILES string of the molecule is O=C(Nc1cccc(CCc2n[nH]c3ccnc(NC4CCCCC4)c23)c1)C1CCCC1. The fourth-order valence-electron chi connectivity index (χ4n) is 5.26. The summed E-state index contributed by atoms with van der Waals surface area (Å²) in [5.41, 5.74) is 4.18. The van der Waals surface area contributed by atoms with Crippen molar-refractivity contribution in [1.29, 1.82) is 0 Å². The molecule has 0 atom stereocenters. The van der Waals surface area contributed by atoms with E-state index in [1.54, 1.807) is 0 Å². The van der Waals surface area contributed by atoms with Crippen LogP contribution in [0.1, 0.15) is 69.0 Å². The topological polar surface area (TPSA) is 82.7 Å². The van der Waals surface area contributed by atoms with Crippen molar-refractivity contribution in [1.82, 2.24) is 15.2 Å². The summed E-state index contributed by atoms with van der Waals surface area (Å²) >= 11 is 0. The summed E-state index contributed by atoms with van der Waals surface area (Å²) in [7, 11) is 0. The minimum atomic E-state index is 0.169. The van der Waals surface area contributed by atoms with E-state index in [9.17, 15) is 4.79 Å². The van der Waals surface area contributed by atoms with Gasteiger partial charge in [0.15, 0.2) is 0 Å². The number of fused-ring (bicyclic) bond motifs is 1.